The second kappa shape index (κ2) is 8.18. The van der Waals surface area contributed by atoms with Crippen molar-refractivity contribution in [3.63, 3.8) is 0 Å². The van der Waals surface area contributed by atoms with Crippen LogP contribution in [0.1, 0.15) is 21.6 Å². The monoisotopic (exact) mass is 462 g/mol. The molecule has 3 aromatic carbocycles. The Kier molecular flexibility index (Phi) is 5.16. The molecule has 1 unspecified atom stereocenters. The molecule has 5 rings (SSSR count). The van der Waals surface area contributed by atoms with E-state index >= 15 is 0 Å². The summed E-state index contributed by atoms with van der Waals surface area (Å²) in [7, 11) is 1.54. The number of benzodiazepines with no additional fused rings is 1. The first-order valence-electron chi connectivity index (χ1n) is 10.3. The third-order valence-corrected chi connectivity index (χ3v) is 5.65. The van der Waals surface area contributed by atoms with Gasteiger partial charge >= 0.3 is 0 Å². The normalized spacial score (nSPS) is 15.6. The zero-order chi connectivity index (χ0) is 24.0. The lowest BCUT2D eigenvalue weighted by Crippen LogP contribution is -2.46. The number of H-pyrrole nitrogens is 1. The Bertz CT molecular complexity index is 1460. The lowest BCUT2D eigenvalue weighted by Gasteiger charge is -2.20. The molecule has 0 bridgehead atoms. The molecule has 2 heterocycles. The number of para-hydroxylation sites is 1. The van der Waals surface area contributed by atoms with Crippen LogP contribution in [0.5, 0.6) is 0 Å². The number of nitrogens with zero attached hydrogens (tertiary/aromatic N) is 2. The topological polar surface area (TPSA) is 77.6 Å². The van der Waals surface area contributed by atoms with Crippen molar-refractivity contribution < 1.29 is 22.8 Å². The van der Waals surface area contributed by atoms with Gasteiger partial charge in [-0.25, -0.2) is 18.2 Å². The van der Waals surface area contributed by atoms with E-state index in [0.29, 0.717) is 11.3 Å². The number of anilines is 1. The van der Waals surface area contributed by atoms with E-state index in [1.807, 2.05) is 0 Å². The maximum atomic E-state index is 14.7. The molecule has 6 nitrogen and oxygen atoms in total. The molecule has 9 heteroatoms. The number of carbonyl (C=O) groups excluding carboxylic acids is 2. The van der Waals surface area contributed by atoms with Gasteiger partial charge in [-0.3, -0.25) is 9.59 Å². The average molecular weight is 462 g/mol. The van der Waals surface area contributed by atoms with Gasteiger partial charge in [0.2, 0.25) is 6.17 Å². The number of aromatic amines is 1. The van der Waals surface area contributed by atoms with E-state index < -0.39 is 35.4 Å². The van der Waals surface area contributed by atoms with Gasteiger partial charge in [-0.1, -0.05) is 30.3 Å². The lowest BCUT2D eigenvalue weighted by atomic mass is 10.00. The molecule has 1 atom stereocenters. The molecule has 2 amide bonds. The summed E-state index contributed by atoms with van der Waals surface area (Å²) in [5, 5.41) is 2.83. The Morgan fingerprint density at radius 1 is 0.941 bits per heavy atom. The van der Waals surface area contributed by atoms with Crippen LogP contribution in [0.2, 0.25) is 0 Å². The zero-order valence-electron chi connectivity index (χ0n) is 17.8. The number of amides is 2. The maximum Gasteiger partial charge on any atom is 0.272 e. The molecular formula is C25H17F3N4O2. The van der Waals surface area contributed by atoms with Gasteiger partial charge in [-0.05, 0) is 30.3 Å². The Balaban J connectivity index is 1.57. The van der Waals surface area contributed by atoms with Crippen LogP contribution in [-0.4, -0.2) is 35.7 Å². The van der Waals surface area contributed by atoms with Gasteiger partial charge in [0.05, 0.1) is 11.4 Å². The van der Waals surface area contributed by atoms with Gasteiger partial charge in [0.1, 0.15) is 11.5 Å². The van der Waals surface area contributed by atoms with Crippen LogP contribution < -0.4 is 10.2 Å². The number of hydrogen-bond acceptors (Lipinski definition) is 3. The summed E-state index contributed by atoms with van der Waals surface area (Å²) in [6.07, 6.45) is -1.38. The van der Waals surface area contributed by atoms with E-state index in [0.717, 1.165) is 12.1 Å². The molecule has 0 saturated carbocycles. The zero-order valence-corrected chi connectivity index (χ0v) is 17.8. The maximum absolute atomic E-state index is 14.7. The number of benzene rings is 3. The molecule has 2 N–H and O–H groups in total. The number of halogens is 3. The molecule has 0 fully saturated rings. The Morgan fingerprint density at radius 2 is 1.62 bits per heavy atom. The van der Waals surface area contributed by atoms with Crippen molar-refractivity contribution in [2.45, 2.75) is 6.17 Å². The van der Waals surface area contributed by atoms with Crippen LogP contribution >= 0.6 is 0 Å². The van der Waals surface area contributed by atoms with Crippen molar-refractivity contribution in [2.24, 2.45) is 4.99 Å². The van der Waals surface area contributed by atoms with Crippen LogP contribution in [0.4, 0.5) is 18.9 Å². The van der Waals surface area contributed by atoms with E-state index in [9.17, 15) is 22.8 Å². The van der Waals surface area contributed by atoms with Gasteiger partial charge in [0.25, 0.3) is 11.8 Å². The van der Waals surface area contributed by atoms with Crippen molar-refractivity contribution in [1.29, 1.82) is 0 Å². The molecule has 0 spiro atoms. The second-order valence-corrected chi connectivity index (χ2v) is 7.78. The van der Waals surface area contributed by atoms with E-state index in [-0.39, 0.29) is 27.9 Å². The highest BCUT2D eigenvalue weighted by Gasteiger charge is 2.32. The molecule has 0 radical (unpaired) electrons. The van der Waals surface area contributed by atoms with Gasteiger partial charge in [0, 0.05) is 35.1 Å². The third kappa shape index (κ3) is 3.61. The van der Waals surface area contributed by atoms with E-state index in [4.69, 9.17) is 0 Å². The largest absolute Gasteiger partial charge is 0.350 e. The van der Waals surface area contributed by atoms with Crippen molar-refractivity contribution in [2.75, 3.05) is 11.9 Å². The highest BCUT2D eigenvalue weighted by atomic mass is 19.2. The first kappa shape index (κ1) is 21.4. The lowest BCUT2D eigenvalue weighted by molar-refractivity contribution is -0.119. The van der Waals surface area contributed by atoms with Gasteiger partial charge in [-0.2, -0.15) is 0 Å². The summed E-state index contributed by atoms with van der Waals surface area (Å²) < 4.78 is 41.8. The standard InChI is InChI=1S/C25H17F3N4O2/c1-32-21-9-5-3-7-15(21)22(14-6-2-4-8-16(14)26)30-23(25(32)34)31-24(33)20-11-13-10-17(27)18(28)12-19(13)29-20/h2-12,23,29H,1H3,(H,31,33). The Hall–Kier alpha value is -4.40. The highest BCUT2D eigenvalue weighted by Crippen LogP contribution is 2.28. The quantitative estimate of drug-likeness (QED) is 0.480. The number of hydrogen-bond donors (Lipinski definition) is 2. The number of rotatable bonds is 3. The highest BCUT2D eigenvalue weighted by molar-refractivity contribution is 6.20. The summed E-state index contributed by atoms with van der Waals surface area (Å²) in [6, 6.07) is 16.2. The van der Waals surface area contributed by atoms with Crippen molar-refractivity contribution in [3.8, 4) is 0 Å². The van der Waals surface area contributed by atoms with Crippen LogP contribution in [0.15, 0.2) is 71.7 Å². The summed E-state index contributed by atoms with van der Waals surface area (Å²) >= 11 is 0. The fourth-order valence-electron chi connectivity index (χ4n) is 3.94. The minimum absolute atomic E-state index is 0.0140. The van der Waals surface area contributed by atoms with Crippen molar-refractivity contribution >= 4 is 34.1 Å². The van der Waals surface area contributed by atoms with Gasteiger partial charge in [-0.15, -0.1) is 0 Å². The number of nitrogens with one attached hydrogen (secondary N) is 2. The number of carbonyl (C=O) groups is 2. The number of likely N-dealkylation sites (N-methyl/N-ethyl adjacent to an activating group) is 1. The molecule has 4 aromatic rings. The SMILES string of the molecule is CN1C(=O)C(NC(=O)c2cc3cc(F)c(F)cc3[nH]2)N=C(c2ccccc2F)c2ccccc21. The van der Waals surface area contributed by atoms with Crippen LogP contribution in [0.3, 0.4) is 0 Å². The van der Waals surface area contributed by atoms with Crippen molar-refractivity contribution in [1.82, 2.24) is 10.3 Å². The fraction of sp³-hybridized carbons (Fsp3) is 0.0800. The molecule has 34 heavy (non-hydrogen) atoms. The van der Waals surface area contributed by atoms with Crippen molar-refractivity contribution in [3.05, 3.63) is 101 Å². The molecule has 170 valence electrons. The number of aliphatic imine (C=N–C) groups is 1. The second-order valence-electron chi connectivity index (χ2n) is 7.78. The summed E-state index contributed by atoms with van der Waals surface area (Å²) in [4.78, 5) is 34.7. The summed E-state index contributed by atoms with van der Waals surface area (Å²) in [5.74, 6) is -3.89. The average Bonchev–Trinajstić information content (AvgIpc) is 3.20. The molecule has 1 aliphatic heterocycles. The Morgan fingerprint density at radius 3 is 2.38 bits per heavy atom. The van der Waals surface area contributed by atoms with Gasteiger partial charge in [0.15, 0.2) is 11.6 Å². The third-order valence-electron chi connectivity index (χ3n) is 5.65. The first-order chi connectivity index (χ1) is 16.3. The fourth-order valence-corrected chi connectivity index (χ4v) is 3.94. The van der Waals surface area contributed by atoms with E-state index in [2.05, 4.69) is 15.3 Å². The molecule has 0 aliphatic carbocycles. The van der Waals surface area contributed by atoms with E-state index in [1.165, 1.54) is 24.1 Å². The van der Waals surface area contributed by atoms with Crippen LogP contribution in [0.25, 0.3) is 10.9 Å². The minimum atomic E-state index is -1.38. The molecule has 1 aromatic heterocycles. The van der Waals surface area contributed by atoms with Gasteiger partial charge < -0.3 is 15.2 Å². The van der Waals surface area contributed by atoms with Crippen LogP contribution in [-0.2, 0) is 4.79 Å². The molecule has 1 aliphatic rings. The summed E-state index contributed by atoms with van der Waals surface area (Å²) in [5.41, 5.74) is 1.61. The predicted molar refractivity (Wildman–Crippen MR) is 121 cm³/mol. The smallest absolute Gasteiger partial charge is 0.272 e. The van der Waals surface area contributed by atoms with E-state index in [1.54, 1.807) is 42.5 Å². The predicted octanol–water partition coefficient (Wildman–Crippen LogP) is 4.16. The molecular weight excluding hydrogens is 445 g/mol. The van der Waals surface area contributed by atoms with Crippen LogP contribution in [0, 0.1) is 17.5 Å². The number of fused-ring (bicyclic) bond motifs is 2. The first-order valence-corrected chi connectivity index (χ1v) is 10.3. The molecule has 0 saturated heterocycles. The minimum Gasteiger partial charge on any atom is -0.350 e. The Labute approximate surface area is 191 Å². The summed E-state index contributed by atoms with van der Waals surface area (Å²) in [6.45, 7) is 0. The number of aromatic nitrogens is 1.